The van der Waals surface area contributed by atoms with Gasteiger partial charge in [0.25, 0.3) is 0 Å². The van der Waals surface area contributed by atoms with Gasteiger partial charge < -0.3 is 31.7 Å². The minimum atomic E-state index is -1.30. The van der Waals surface area contributed by atoms with Gasteiger partial charge >= 0.3 is 5.97 Å². The molecule has 0 unspecified atom stereocenters. The third-order valence-corrected chi connectivity index (χ3v) is 4.44. The number of amides is 3. The number of guanidine groups is 1. The van der Waals surface area contributed by atoms with Crippen LogP contribution in [0.15, 0.2) is 17.6 Å². The summed E-state index contributed by atoms with van der Waals surface area (Å²) in [6.45, 7) is 8.50. The highest BCUT2D eigenvalue weighted by Crippen LogP contribution is 2.13. The lowest BCUT2D eigenvalue weighted by atomic mass is 9.94. The van der Waals surface area contributed by atoms with E-state index in [-0.39, 0.29) is 24.7 Å². The van der Waals surface area contributed by atoms with E-state index >= 15 is 0 Å². The van der Waals surface area contributed by atoms with Crippen LogP contribution < -0.4 is 26.6 Å². The summed E-state index contributed by atoms with van der Waals surface area (Å²) >= 11 is 0. The lowest BCUT2D eigenvalue weighted by Gasteiger charge is -2.31. The number of aliphatic carboxylic acids is 1. The predicted octanol–water partition coefficient (Wildman–Crippen LogP) is -0.646. The number of carboxylic acid groups (broad SMARTS) is 1. The van der Waals surface area contributed by atoms with Crippen LogP contribution in [-0.4, -0.2) is 73.5 Å². The van der Waals surface area contributed by atoms with Crippen molar-refractivity contribution in [1.29, 1.82) is 0 Å². The molecule has 2 atom stereocenters. The zero-order valence-electron chi connectivity index (χ0n) is 19.0. The number of hydrogen-bond acceptors (Lipinski definition) is 5. The second-order valence-electron chi connectivity index (χ2n) is 7.50. The summed E-state index contributed by atoms with van der Waals surface area (Å²) in [6.07, 6.45) is 2.39. The molecule has 0 aliphatic heterocycles. The minimum Gasteiger partial charge on any atom is -0.480 e. The third-order valence-electron chi connectivity index (χ3n) is 4.44. The summed E-state index contributed by atoms with van der Waals surface area (Å²) in [4.78, 5) is 52.4. The average molecular weight is 441 g/mol. The summed E-state index contributed by atoms with van der Waals surface area (Å²) in [5.74, 6) is -2.45. The van der Waals surface area contributed by atoms with Crippen molar-refractivity contribution in [2.75, 3.05) is 27.2 Å². The van der Waals surface area contributed by atoms with E-state index in [0.717, 1.165) is 0 Å². The van der Waals surface area contributed by atoms with E-state index in [9.17, 15) is 19.2 Å². The van der Waals surface area contributed by atoms with Gasteiger partial charge in [-0.15, -0.1) is 6.58 Å². The molecule has 0 aromatic rings. The Kier molecular flexibility index (Phi) is 12.6. The van der Waals surface area contributed by atoms with E-state index in [1.165, 1.54) is 6.08 Å². The molecule has 0 saturated carbocycles. The minimum absolute atomic E-state index is 0.154. The molecule has 31 heavy (non-hydrogen) atoms. The molecule has 0 bridgehead atoms. The molecule has 0 rings (SSSR count). The molecule has 0 heterocycles. The Bertz CT molecular complexity index is 679. The van der Waals surface area contributed by atoms with Crippen LogP contribution in [0.3, 0.4) is 0 Å². The maximum absolute atomic E-state index is 13.0. The van der Waals surface area contributed by atoms with Gasteiger partial charge in [-0.1, -0.05) is 19.9 Å². The highest BCUT2D eigenvalue weighted by molar-refractivity contribution is 5.95. The Morgan fingerprint density at radius 1 is 1.16 bits per heavy atom. The van der Waals surface area contributed by atoms with Crippen LogP contribution in [0.2, 0.25) is 0 Å². The monoisotopic (exact) mass is 440 g/mol. The van der Waals surface area contributed by atoms with Crippen molar-refractivity contribution in [3.63, 3.8) is 0 Å². The van der Waals surface area contributed by atoms with Crippen LogP contribution in [0.4, 0.5) is 0 Å². The number of carboxylic acids is 1. The van der Waals surface area contributed by atoms with E-state index in [4.69, 9.17) is 5.11 Å². The molecule has 0 aliphatic rings. The predicted molar refractivity (Wildman–Crippen MR) is 118 cm³/mol. The Morgan fingerprint density at radius 3 is 2.29 bits per heavy atom. The van der Waals surface area contributed by atoms with E-state index in [2.05, 4.69) is 38.2 Å². The maximum atomic E-state index is 13.0. The zero-order valence-corrected chi connectivity index (χ0v) is 19.0. The van der Waals surface area contributed by atoms with Gasteiger partial charge in [0.15, 0.2) is 5.96 Å². The number of carbonyl (C=O) groups is 4. The lowest BCUT2D eigenvalue weighted by Crippen LogP contribution is -2.61. The number of aliphatic imine (C=N–C) groups is 1. The van der Waals surface area contributed by atoms with Crippen LogP contribution in [0.5, 0.6) is 0 Å². The maximum Gasteiger partial charge on any atom is 0.322 e. The van der Waals surface area contributed by atoms with Crippen molar-refractivity contribution in [1.82, 2.24) is 26.6 Å². The van der Waals surface area contributed by atoms with Gasteiger partial charge in [0.05, 0.1) is 0 Å². The molecule has 0 aromatic heterocycles. The Balaban J connectivity index is 5.32. The molecule has 6 N–H and O–H groups in total. The largest absolute Gasteiger partial charge is 0.480 e. The first-order valence-electron chi connectivity index (χ1n) is 10.1. The van der Waals surface area contributed by atoms with Gasteiger partial charge in [0.2, 0.25) is 17.7 Å². The second-order valence-corrected chi connectivity index (χ2v) is 7.50. The van der Waals surface area contributed by atoms with Crippen LogP contribution in [0.1, 0.15) is 40.0 Å². The van der Waals surface area contributed by atoms with E-state index in [1.54, 1.807) is 34.9 Å². The van der Waals surface area contributed by atoms with Gasteiger partial charge in [0.1, 0.15) is 18.1 Å². The highest BCUT2D eigenvalue weighted by Gasteiger charge is 2.36. The molecule has 11 heteroatoms. The fourth-order valence-electron chi connectivity index (χ4n) is 2.57. The zero-order chi connectivity index (χ0) is 24.0. The Morgan fingerprint density at radius 2 is 1.81 bits per heavy atom. The van der Waals surface area contributed by atoms with Crippen molar-refractivity contribution in [2.24, 2.45) is 10.9 Å². The lowest BCUT2D eigenvalue weighted by molar-refractivity contribution is -0.139. The first-order valence-corrected chi connectivity index (χ1v) is 10.1. The summed E-state index contributed by atoms with van der Waals surface area (Å²) in [6, 6.07) is -0.981. The normalized spacial score (nSPS) is 14.1. The van der Waals surface area contributed by atoms with Crippen molar-refractivity contribution < 1.29 is 24.3 Å². The second kappa shape index (κ2) is 14.0. The van der Waals surface area contributed by atoms with Gasteiger partial charge in [-0.2, -0.15) is 0 Å². The molecule has 0 radical (unpaired) electrons. The molecule has 176 valence electrons. The van der Waals surface area contributed by atoms with Crippen LogP contribution in [0, 0.1) is 5.92 Å². The Labute approximate surface area is 183 Å². The first kappa shape index (κ1) is 27.9. The summed E-state index contributed by atoms with van der Waals surface area (Å²) in [5, 5.41) is 22.3. The quantitative estimate of drug-likeness (QED) is 0.0960. The molecule has 0 aromatic carbocycles. The van der Waals surface area contributed by atoms with Crippen LogP contribution in [-0.2, 0) is 19.2 Å². The molecule has 0 saturated heterocycles. The highest BCUT2D eigenvalue weighted by atomic mass is 16.4. The summed E-state index contributed by atoms with van der Waals surface area (Å²) < 4.78 is 0. The van der Waals surface area contributed by atoms with Crippen molar-refractivity contribution >= 4 is 29.7 Å². The number of hydrogen-bond donors (Lipinski definition) is 6. The van der Waals surface area contributed by atoms with Gasteiger partial charge in [-0.05, 0) is 26.2 Å². The number of nitrogens with one attached hydrogen (secondary N) is 5. The summed E-state index contributed by atoms with van der Waals surface area (Å²) in [7, 11) is 3.33. The van der Waals surface area contributed by atoms with Gasteiger partial charge in [0, 0.05) is 26.6 Å². The first-order chi connectivity index (χ1) is 14.5. The average Bonchev–Trinajstić information content (AvgIpc) is 2.70. The van der Waals surface area contributed by atoms with Gasteiger partial charge in [-0.25, -0.2) is 0 Å². The van der Waals surface area contributed by atoms with Crippen molar-refractivity contribution in [3.8, 4) is 0 Å². The van der Waals surface area contributed by atoms with Crippen LogP contribution in [0.25, 0.3) is 0 Å². The van der Waals surface area contributed by atoms with Crippen molar-refractivity contribution in [2.45, 2.75) is 51.6 Å². The number of rotatable bonds is 13. The fraction of sp³-hybridized carbons (Fsp3) is 0.650. The Hall–Kier alpha value is -3.11. The molecule has 11 nitrogen and oxygen atoms in total. The fourth-order valence-corrected chi connectivity index (χ4v) is 2.57. The SMILES string of the molecule is C=CC[C@@](C)(NC(=O)C(C)C)C(=O)N[C@@H](CCCNC(=NC)NC)C(=O)NCC(=O)O. The molecular weight excluding hydrogens is 404 g/mol. The summed E-state index contributed by atoms with van der Waals surface area (Å²) in [5.41, 5.74) is -1.30. The van der Waals surface area contributed by atoms with Crippen molar-refractivity contribution in [3.05, 3.63) is 12.7 Å². The van der Waals surface area contributed by atoms with Gasteiger partial charge in [-0.3, -0.25) is 24.2 Å². The number of nitrogens with zero attached hydrogens (tertiary/aromatic N) is 1. The molecule has 3 amide bonds. The molecular formula is C20H36N6O5. The van der Waals surface area contributed by atoms with Crippen LogP contribution >= 0.6 is 0 Å². The molecule has 0 aliphatic carbocycles. The van der Waals surface area contributed by atoms with E-state index < -0.39 is 35.9 Å². The molecule has 0 fully saturated rings. The van der Waals surface area contributed by atoms with E-state index in [1.807, 2.05) is 0 Å². The number of carbonyl (C=O) groups excluding carboxylic acids is 3. The molecule has 0 spiro atoms. The smallest absolute Gasteiger partial charge is 0.322 e. The third kappa shape index (κ3) is 10.5. The standard InChI is InChI=1S/C20H36N6O5/c1-7-10-20(4,26-16(29)13(2)3)18(31)25-14(17(30)24-12-15(27)28)9-8-11-23-19(21-5)22-6/h7,13-14H,1,8-12H2,2-6H3,(H,24,30)(H,25,31)(H,26,29)(H,27,28)(H2,21,22,23)/t14-,20+/m0/s1. The topological polar surface area (TPSA) is 161 Å². The van der Waals surface area contributed by atoms with E-state index in [0.29, 0.717) is 18.9 Å².